The number of pyridine rings is 1. The highest BCUT2D eigenvalue weighted by atomic mass is 15.0. The number of nitrogens with zero attached hydrogens (tertiary/aromatic N) is 4. The summed E-state index contributed by atoms with van der Waals surface area (Å²) in [6, 6.07) is 71.4. The molecule has 10 aromatic rings. The van der Waals surface area contributed by atoms with Crippen molar-refractivity contribution in [1.29, 1.82) is 0 Å². The molecular weight excluding hydrogens is 681 g/mol. The van der Waals surface area contributed by atoms with E-state index in [-0.39, 0.29) is 0 Å². The van der Waals surface area contributed by atoms with E-state index in [0.717, 1.165) is 39.3 Å². The molecule has 11 rings (SSSR count). The smallest absolute Gasteiger partial charge is 0.160 e. The number of hydrogen-bond acceptors (Lipinski definition) is 3. The molecule has 1 aliphatic heterocycles. The van der Waals surface area contributed by atoms with Gasteiger partial charge < -0.3 is 4.57 Å². The molecule has 0 radical (unpaired) electrons. The lowest BCUT2D eigenvalue weighted by molar-refractivity contribution is 0.728. The molecule has 56 heavy (non-hydrogen) atoms. The lowest BCUT2D eigenvalue weighted by Gasteiger charge is -2.41. The second kappa shape index (κ2) is 12.9. The summed E-state index contributed by atoms with van der Waals surface area (Å²) in [5.41, 5.74) is 14.8. The van der Waals surface area contributed by atoms with E-state index in [0.29, 0.717) is 5.82 Å². The molecule has 0 fully saturated rings. The molecule has 0 aliphatic carbocycles. The Morgan fingerprint density at radius 2 is 0.964 bits per heavy atom. The van der Waals surface area contributed by atoms with Crippen molar-refractivity contribution < 1.29 is 0 Å². The van der Waals surface area contributed by atoms with Gasteiger partial charge in [-0.25, -0.2) is 9.97 Å². The molecule has 3 aromatic heterocycles. The van der Waals surface area contributed by atoms with E-state index >= 15 is 0 Å². The first-order valence-corrected chi connectivity index (χ1v) is 19.0. The number of benzene rings is 7. The third-order valence-electron chi connectivity index (χ3n) is 11.4. The van der Waals surface area contributed by atoms with Gasteiger partial charge in [0.1, 0.15) is 0 Å². The van der Waals surface area contributed by atoms with Gasteiger partial charge in [0, 0.05) is 39.2 Å². The van der Waals surface area contributed by atoms with Crippen molar-refractivity contribution in [1.82, 2.24) is 19.5 Å². The average molecular weight is 715 g/mol. The number of para-hydroxylation sites is 3. The van der Waals surface area contributed by atoms with Gasteiger partial charge in [0.15, 0.2) is 5.82 Å². The molecule has 1 unspecified atom stereocenters. The second-order valence-electron chi connectivity index (χ2n) is 14.4. The first-order chi connectivity index (χ1) is 27.8. The summed E-state index contributed by atoms with van der Waals surface area (Å²) in [5.74, 6) is 0.682. The van der Waals surface area contributed by atoms with Gasteiger partial charge >= 0.3 is 0 Å². The maximum absolute atomic E-state index is 5.21. The molecule has 0 spiro atoms. The van der Waals surface area contributed by atoms with E-state index in [2.05, 4.69) is 185 Å². The van der Waals surface area contributed by atoms with Crippen molar-refractivity contribution in [3.05, 3.63) is 229 Å². The molecule has 1 atom stereocenters. The van der Waals surface area contributed by atoms with E-state index in [4.69, 9.17) is 9.97 Å². The van der Waals surface area contributed by atoms with Crippen LogP contribution in [0.5, 0.6) is 0 Å². The highest BCUT2D eigenvalue weighted by molar-refractivity contribution is 6.12. The fourth-order valence-corrected chi connectivity index (χ4v) is 8.87. The van der Waals surface area contributed by atoms with Gasteiger partial charge in [0.05, 0.1) is 39.2 Å². The van der Waals surface area contributed by atoms with Crippen LogP contribution >= 0.6 is 0 Å². The second-order valence-corrected chi connectivity index (χ2v) is 14.4. The quantitative estimate of drug-likeness (QED) is 0.172. The topological polar surface area (TPSA) is 43.6 Å². The van der Waals surface area contributed by atoms with Gasteiger partial charge in [0.25, 0.3) is 0 Å². The Bertz CT molecular complexity index is 3040. The van der Waals surface area contributed by atoms with Crippen LogP contribution in [0.15, 0.2) is 206 Å². The largest absolute Gasteiger partial charge is 0.309 e. The summed E-state index contributed by atoms with van der Waals surface area (Å²) in [7, 11) is 0. The summed E-state index contributed by atoms with van der Waals surface area (Å²) in [5, 5.41) is 2.52. The van der Waals surface area contributed by atoms with Crippen LogP contribution in [0.2, 0.25) is 0 Å². The molecular formula is C52H34N4. The van der Waals surface area contributed by atoms with Crippen LogP contribution in [0, 0.1) is 0 Å². The van der Waals surface area contributed by atoms with E-state index in [1.54, 1.807) is 0 Å². The van der Waals surface area contributed by atoms with Crippen LogP contribution in [-0.2, 0) is 5.41 Å². The van der Waals surface area contributed by atoms with Crippen molar-refractivity contribution in [2.24, 2.45) is 0 Å². The van der Waals surface area contributed by atoms with E-state index < -0.39 is 5.41 Å². The molecule has 0 saturated heterocycles. The Hall–Kier alpha value is -7.43. The minimum Gasteiger partial charge on any atom is -0.309 e. The zero-order valence-corrected chi connectivity index (χ0v) is 30.4. The molecule has 0 amide bonds. The molecule has 0 saturated carbocycles. The lowest BCUT2D eigenvalue weighted by Crippen LogP contribution is -2.35. The minimum absolute atomic E-state index is 0.576. The SMILES string of the molecule is c1ccc(-c2cc(-c3ccc(-c4ccccn4)cc3)nc(-c3ccc(C4(c5ccccc5)c5ccccc5-n5c6ccccc6c6cccc4c65)cc3)n2)cc1. The van der Waals surface area contributed by atoms with Crippen molar-refractivity contribution in [2.45, 2.75) is 5.41 Å². The predicted molar refractivity (Wildman–Crippen MR) is 228 cm³/mol. The van der Waals surface area contributed by atoms with Crippen LogP contribution in [0.25, 0.3) is 72.7 Å². The Morgan fingerprint density at radius 3 is 1.71 bits per heavy atom. The Morgan fingerprint density at radius 1 is 0.393 bits per heavy atom. The standard InChI is InChI=1S/C52H34N4/c1-3-14-35(15-4-1)46-34-47(37-27-25-36(26-28-37)45-22-11-12-33-53-45)55-51(54-46)38-29-31-40(32-30-38)52(39-16-5-2-6-17-39)43-20-8-10-24-49(43)56-48-23-9-7-18-41(48)42-19-13-21-44(52)50(42)56/h1-34H. The number of fused-ring (bicyclic) bond motifs is 5. The summed E-state index contributed by atoms with van der Waals surface area (Å²) in [6.45, 7) is 0. The molecule has 4 heteroatoms. The molecule has 4 heterocycles. The van der Waals surface area contributed by atoms with Crippen molar-refractivity contribution in [3.8, 4) is 50.8 Å². The van der Waals surface area contributed by atoms with Crippen LogP contribution < -0.4 is 0 Å². The third-order valence-corrected chi connectivity index (χ3v) is 11.4. The zero-order valence-electron chi connectivity index (χ0n) is 30.4. The highest BCUT2D eigenvalue weighted by Gasteiger charge is 2.45. The van der Waals surface area contributed by atoms with Crippen LogP contribution in [-0.4, -0.2) is 19.5 Å². The summed E-state index contributed by atoms with van der Waals surface area (Å²) in [6.07, 6.45) is 1.83. The Labute approximate surface area is 325 Å². The van der Waals surface area contributed by atoms with Gasteiger partial charge in [0.2, 0.25) is 0 Å². The molecule has 262 valence electrons. The van der Waals surface area contributed by atoms with Gasteiger partial charge in [-0.2, -0.15) is 0 Å². The maximum Gasteiger partial charge on any atom is 0.160 e. The molecule has 0 N–H and O–H groups in total. The fraction of sp³-hybridized carbons (Fsp3) is 0.0192. The van der Waals surface area contributed by atoms with Gasteiger partial charge in [-0.15, -0.1) is 0 Å². The van der Waals surface area contributed by atoms with Crippen LogP contribution in [0.1, 0.15) is 22.3 Å². The predicted octanol–water partition coefficient (Wildman–Crippen LogP) is 12.3. The Balaban J connectivity index is 1.10. The first-order valence-electron chi connectivity index (χ1n) is 19.0. The van der Waals surface area contributed by atoms with Gasteiger partial charge in [-0.3, -0.25) is 4.98 Å². The van der Waals surface area contributed by atoms with Crippen molar-refractivity contribution in [3.63, 3.8) is 0 Å². The number of aromatic nitrogens is 4. The lowest BCUT2D eigenvalue weighted by atomic mass is 9.63. The zero-order chi connectivity index (χ0) is 37.1. The Kier molecular flexibility index (Phi) is 7.36. The fourth-order valence-electron chi connectivity index (χ4n) is 8.87. The number of hydrogen-bond donors (Lipinski definition) is 0. The normalized spacial score (nSPS) is 14.5. The summed E-state index contributed by atoms with van der Waals surface area (Å²) < 4.78 is 2.47. The minimum atomic E-state index is -0.576. The molecule has 1 aliphatic rings. The average Bonchev–Trinajstić information content (AvgIpc) is 3.63. The van der Waals surface area contributed by atoms with Crippen LogP contribution in [0.3, 0.4) is 0 Å². The van der Waals surface area contributed by atoms with E-state index in [1.165, 1.54) is 49.7 Å². The molecule has 7 aromatic carbocycles. The highest BCUT2D eigenvalue weighted by Crippen LogP contribution is 2.54. The van der Waals surface area contributed by atoms with E-state index in [1.807, 2.05) is 30.5 Å². The summed E-state index contributed by atoms with van der Waals surface area (Å²) in [4.78, 5) is 14.9. The van der Waals surface area contributed by atoms with Crippen molar-refractivity contribution >= 4 is 21.8 Å². The van der Waals surface area contributed by atoms with Crippen LogP contribution in [0.4, 0.5) is 0 Å². The summed E-state index contributed by atoms with van der Waals surface area (Å²) >= 11 is 0. The molecule has 4 nitrogen and oxygen atoms in total. The van der Waals surface area contributed by atoms with Crippen molar-refractivity contribution in [2.75, 3.05) is 0 Å². The van der Waals surface area contributed by atoms with E-state index in [9.17, 15) is 0 Å². The maximum atomic E-state index is 5.21. The van der Waals surface area contributed by atoms with Gasteiger partial charge in [-0.1, -0.05) is 170 Å². The monoisotopic (exact) mass is 714 g/mol. The van der Waals surface area contributed by atoms with Gasteiger partial charge in [-0.05, 0) is 52.6 Å². The number of rotatable bonds is 6. The third kappa shape index (κ3) is 4.89. The molecule has 0 bridgehead atoms. The first kappa shape index (κ1) is 32.0.